The molecular formula is C13H13N3O4. The Balaban J connectivity index is 2.78. The maximum absolute atomic E-state index is 11.3. The van der Waals surface area contributed by atoms with Gasteiger partial charge in [0.25, 0.3) is 5.69 Å². The van der Waals surface area contributed by atoms with Crippen molar-refractivity contribution in [3.63, 3.8) is 0 Å². The highest BCUT2D eigenvalue weighted by atomic mass is 16.6. The van der Waals surface area contributed by atoms with Crippen LogP contribution in [0.15, 0.2) is 30.3 Å². The van der Waals surface area contributed by atoms with Gasteiger partial charge < -0.3 is 5.32 Å². The zero-order chi connectivity index (χ0) is 14.7. The van der Waals surface area contributed by atoms with Gasteiger partial charge in [0.1, 0.15) is 11.1 Å². The zero-order valence-corrected chi connectivity index (χ0v) is 10.8. The van der Waals surface area contributed by atoms with Gasteiger partial charge >= 0.3 is 5.69 Å². The van der Waals surface area contributed by atoms with Crippen LogP contribution in [0, 0.1) is 20.2 Å². The van der Waals surface area contributed by atoms with Gasteiger partial charge in [0.05, 0.1) is 9.85 Å². The predicted molar refractivity (Wildman–Crippen MR) is 76.0 cm³/mol. The van der Waals surface area contributed by atoms with Crippen LogP contribution in [-0.4, -0.2) is 16.4 Å². The molecule has 0 saturated carbocycles. The SMILES string of the molecule is CCCNc1ccc2cccc([N+](=O)[O-])c2c1[N+](=O)[O-]. The third kappa shape index (κ3) is 2.37. The van der Waals surface area contributed by atoms with E-state index in [1.807, 2.05) is 6.92 Å². The van der Waals surface area contributed by atoms with Crippen molar-refractivity contribution in [3.05, 3.63) is 50.6 Å². The maximum Gasteiger partial charge on any atom is 0.307 e. The second-order valence-corrected chi connectivity index (χ2v) is 4.28. The lowest BCUT2D eigenvalue weighted by Gasteiger charge is -2.08. The molecule has 2 aromatic carbocycles. The fourth-order valence-electron chi connectivity index (χ4n) is 2.09. The van der Waals surface area contributed by atoms with Gasteiger partial charge in [0.15, 0.2) is 0 Å². The first-order chi connectivity index (χ1) is 9.56. The molecule has 0 atom stereocenters. The molecule has 7 heteroatoms. The summed E-state index contributed by atoms with van der Waals surface area (Å²) in [4.78, 5) is 21.2. The van der Waals surface area contributed by atoms with Gasteiger partial charge in [-0.25, -0.2) is 0 Å². The summed E-state index contributed by atoms with van der Waals surface area (Å²) < 4.78 is 0. The molecule has 0 aliphatic carbocycles. The van der Waals surface area contributed by atoms with Crippen LogP contribution in [0.3, 0.4) is 0 Å². The van der Waals surface area contributed by atoms with E-state index >= 15 is 0 Å². The van der Waals surface area contributed by atoms with Crippen LogP contribution in [0.25, 0.3) is 10.8 Å². The van der Waals surface area contributed by atoms with Crippen LogP contribution in [0.2, 0.25) is 0 Å². The minimum atomic E-state index is -0.598. The van der Waals surface area contributed by atoms with Crippen LogP contribution < -0.4 is 5.32 Å². The highest BCUT2D eigenvalue weighted by Gasteiger charge is 2.25. The van der Waals surface area contributed by atoms with Crippen molar-refractivity contribution in [2.24, 2.45) is 0 Å². The molecule has 0 heterocycles. The summed E-state index contributed by atoms with van der Waals surface area (Å²) in [5, 5.41) is 25.9. The first-order valence-electron chi connectivity index (χ1n) is 6.14. The van der Waals surface area contributed by atoms with E-state index in [0.717, 1.165) is 6.42 Å². The second-order valence-electron chi connectivity index (χ2n) is 4.28. The van der Waals surface area contributed by atoms with E-state index in [-0.39, 0.29) is 16.8 Å². The Kier molecular flexibility index (Phi) is 3.79. The molecule has 7 nitrogen and oxygen atoms in total. The first-order valence-corrected chi connectivity index (χ1v) is 6.14. The van der Waals surface area contributed by atoms with E-state index in [1.165, 1.54) is 12.1 Å². The van der Waals surface area contributed by atoms with Crippen molar-refractivity contribution in [1.29, 1.82) is 0 Å². The number of rotatable bonds is 5. The monoisotopic (exact) mass is 275 g/mol. The highest BCUT2D eigenvalue weighted by Crippen LogP contribution is 2.38. The number of benzene rings is 2. The van der Waals surface area contributed by atoms with Crippen molar-refractivity contribution in [1.82, 2.24) is 0 Å². The fraction of sp³-hybridized carbons (Fsp3) is 0.231. The smallest absolute Gasteiger partial charge is 0.307 e. The molecule has 0 amide bonds. The normalized spacial score (nSPS) is 10.4. The number of anilines is 1. The summed E-state index contributed by atoms with van der Waals surface area (Å²) in [5.41, 5.74) is -0.198. The third-order valence-corrected chi connectivity index (χ3v) is 2.94. The molecule has 2 rings (SSSR count). The summed E-state index contributed by atoms with van der Waals surface area (Å²) >= 11 is 0. The lowest BCUT2D eigenvalue weighted by atomic mass is 10.1. The first kappa shape index (κ1) is 13.7. The van der Waals surface area contributed by atoms with Crippen LogP contribution >= 0.6 is 0 Å². The molecular weight excluding hydrogens is 262 g/mol. The molecule has 0 unspecified atom stereocenters. The summed E-state index contributed by atoms with van der Waals surface area (Å²) in [6.07, 6.45) is 0.798. The Labute approximate surface area is 114 Å². The Morgan fingerprint density at radius 3 is 2.45 bits per heavy atom. The lowest BCUT2D eigenvalue weighted by molar-refractivity contribution is -0.389. The van der Waals surface area contributed by atoms with Crippen molar-refractivity contribution in [2.75, 3.05) is 11.9 Å². The molecule has 2 aromatic rings. The lowest BCUT2D eigenvalue weighted by Crippen LogP contribution is -2.04. The van der Waals surface area contributed by atoms with Gasteiger partial charge in [-0.1, -0.05) is 25.1 Å². The molecule has 1 N–H and O–H groups in total. The Bertz CT molecular complexity index is 685. The van der Waals surface area contributed by atoms with Crippen molar-refractivity contribution in [3.8, 4) is 0 Å². The molecule has 0 radical (unpaired) electrons. The van der Waals surface area contributed by atoms with Gasteiger partial charge in [-0.15, -0.1) is 0 Å². The van der Waals surface area contributed by atoms with Crippen molar-refractivity contribution >= 4 is 27.8 Å². The van der Waals surface area contributed by atoms with E-state index in [2.05, 4.69) is 5.32 Å². The van der Waals surface area contributed by atoms with Crippen LogP contribution in [0.5, 0.6) is 0 Å². The number of nitrogens with one attached hydrogen (secondary N) is 1. The zero-order valence-electron chi connectivity index (χ0n) is 10.8. The second kappa shape index (κ2) is 5.52. The summed E-state index contributed by atoms with van der Waals surface area (Å²) in [5.74, 6) is 0. The van der Waals surface area contributed by atoms with Crippen molar-refractivity contribution < 1.29 is 9.85 Å². The number of non-ortho nitro benzene ring substituents is 1. The topological polar surface area (TPSA) is 98.3 Å². The van der Waals surface area contributed by atoms with E-state index in [1.54, 1.807) is 18.2 Å². The number of hydrogen-bond donors (Lipinski definition) is 1. The van der Waals surface area contributed by atoms with E-state index in [9.17, 15) is 20.2 Å². The molecule has 0 saturated heterocycles. The molecule has 0 fully saturated rings. The van der Waals surface area contributed by atoms with Crippen molar-refractivity contribution in [2.45, 2.75) is 13.3 Å². The molecule has 104 valence electrons. The minimum Gasteiger partial charge on any atom is -0.379 e. The standard InChI is InChI=1S/C13H13N3O4/c1-2-8-14-10-7-6-9-4-3-5-11(15(17)18)12(9)13(10)16(19)20/h3-7,14H,2,8H2,1H3. The Hall–Kier alpha value is -2.70. The van der Waals surface area contributed by atoms with Crippen LogP contribution in [0.1, 0.15) is 13.3 Å². The summed E-state index contributed by atoms with van der Waals surface area (Å²) in [7, 11) is 0. The maximum atomic E-state index is 11.3. The largest absolute Gasteiger partial charge is 0.379 e. The Morgan fingerprint density at radius 2 is 1.85 bits per heavy atom. The molecule has 0 aliphatic heterocycles. The van der Waals surface area contributed by atoms with Crippen LogP contribution in [0.4, 0.5) is 17.1 Å². The molecule has 0 aliphatic rings. The van der Waals surface area contributed by atoms with Gasteiger partial charge in [-0.3, -0.25) is 20.2 Å². The molecule has 0 bridgehead atoms. The van der Waals surface area contributed by atoms with Gasteiger partial charge in [0, 0.05) is 12.6 Å². The summed E-state index contributed by atoms with van der Waals surface area (Å²) in [6.45, 7) is 2.50. The van der Waals surface area contributed by atoms with E-state index < -0.39 is 9.85 Å². The predicted octanol–water partition coefficient (Wildman–Crippen LogP) is 3.48. The van der Waals surface area contributed by atoms with Crippen LogP contribution in [-0.2, 0) is 0 Å². The van der Waals surface area contributed by atoms with Gasteiger partial charge in [0.2, 0.25) is 0 Å². The molecule has 0 spiro atoms. The summed E-state index contributed by atoms with van der Waals surface area (Å²) in [6, 6.07) is 7.65. The average Bonchev–Trinajstić information content (AvgIpc) is 2.43. The highest BCUT2D eigenvalue weighted by molar-refractivity contribution is 6.02. The van der Waals surface area contributed by atoms with E-state index in [0.29, 0.717) is 17.6 Å². The number of nitro groups is 2. The number of nitro benzene ring substituents is 2. The number of hydrogen-bond acceptors (Lipinski definition) is 5. The van der Waals surface area contributed by atoms with Gasteiger partial charge in [-0.2, -0.15) is 0 Å². The molecule has 20 heavy (non-hydrogen) atoms. The minimum absolute atomic E-state index is 0.0589. The fourth-order valence-corrected chi connectivity index (χ4v) is 2.09. The quantitative estimate of drug-likeness (QED) is 0.665. The third-order valence-electron chi connectivity index (χ3n) is 2.94. The number of nitrogens with zero attached hydrogens (tertiary/aromatic N) is 2. The average molecular weight is 275 g/mol. The van der Waals surface area contributed by atoms with Gasteiger partial charge in [-0.05, 0) is 17.9 Å². The van der Waals surface area contributed by atoms with E-state index in [4.69, 9.17) is 0 Å². The number of fused-ring (bicyclic) bond motifs is 1. The Morgan fingerprint density at radius 1 is 1.10 bits per heavy atom. The molecule has 0 aromatic heterocycles.